The van der Waals surface area contributed by atoms with Crippen LogP contribution < -0.4 is 0 Å². The molecule has 0 amide bonds. The van der Waals surface area contributed by atoms with Crippen LogP contribution in [-0.4, -0.2) is 18.2 Å². The summed E-state index contributed by atoms with van der Waals surface area (Å²) in [7, 11) is -1.78. The van der Waals surface area contributed by atoms with E-state index in [0.717, 1.165) is 23.0 Å². The number of hydrogen-bond acceptors (Lipinski definition) is 3. The fourth-order valence-electron chi connectivity index (χ4n) is 2.30. The Hall–Kier alpha value is -2.21. The summed E-state index contributed by atoms with van der Waals surface area (Å²) in [5, 5.41) is 5.09. The van der Waals surface area contributed by atoms with Gasteiger partial charge in [0.05, 0.1) is 21.9 Å². The summed E-state index contributed by atoms with van der Waals surface area (Å²) in [4.78, 5) is 0.0960. The van der Waals surface area contributed by atoms with Crippen LogP contribution in [-0.2, 0) is 22.6 Å². The van der Waals surface area contributed by atoms with Crippen molar-refractivity contribution in [1.82, 2.24) is 9.78 Å². The smallest absolute Gasteiger partial charge is 0.184 e. The Kier molecular flexibility index (Phi) is 3.25. The second-order valence-electron chi connectivity index (χ2n) is 4.80. The Labute approximate surface area is 121 Å². The monoisotopic (exact) mass is 304 g/mol. The summed E-state index contributed by atoms with van der Waals surface area (Å²) < 4.78 is 39.3. The third-order valence-electron chi connectivity index (χ3n) is 3.33. The van der Waals surface area contributed by atoms with Crippen LogP contribution in [0.5, 0.6) is 0 Å². The fourth-order valence-corrected chi connectivity index (χ4v) is 3.59. The topological polar surface area (TPSA) is 52.0 Å². The molecule has 0 aliphatic carbocycles. The average Bonchev–Trinajstić information content (AvgIpc) is 2.76. The van der Waals surface area contributed by atoms with Crippen LogP contribution >= 0.6 is 0 Å². The van der Waals surface area contributed by atoms with Gasteiger partial charge in [0, 0.05) is 12.4 Å². The molecule has 0 saturated carbocycles. The van der Waals surface area contributed by atoms with Gasteiger partial charge in [0.15, 0.2) is 9.84 Å². The summed E-state index contributed by atoms with van der Waals surface area (Å²) in [6.45, 7) is 0. The maximum absolute atomic E-state index is 12.9. The molecule has 0 radical (unpaired) electrons. The van der Waals surface area contributed by atoms with Gasteiger partial charge in [0.1, 0.15) is 5.82 Å². The molecule has 0 aliphatic heterocycles. The minimum absolute atomic E-state index is 0.0960. The Balaban J connectivity index is 2.03. The van der Waals surface area contributed by atoms with Crippen molar-refractivity contribution in [3.05, 3.63) is 60.0 Å². The van der Waals surface area contributed by atoms with E-state index in [1.165, 1.54) is 12.1 Å². The molecule has 1 heterocycles. The highest BCUT2D eigenvalue weighted by Crippen LogP contribution is 2.22. The Morgan fingerprint density at radius 2 is 1.76 bits per heavy atom. The highest BCUT2D eigenvalue weighted by Gasteiger charge is 2.19. The zero-order valence-corrected chi connectivity index (χ0v) is 12.1. The summed E-state index contributed by atoms with van der Waals surface area (Å²) in [5.41, 5.74) is 1.37. The van der Waals surface area contributed by atoms with Gasteiger partial charge < -0.3 is 0 Å². The summed E-state index contributed by atoms with van der Waals surface area (Å²) in [6, 6.07) is 12.3. The van der Waals surface area contributed by atoms with E-state index < -0.39 is 15.7 Å². The largest absolute Gasteiger partial charge is 0.268 e. The number of sulfone groups is 1. The van der Waals surface area contributed by atoms with Gasteiger partial charge >= 0.3 is 0 Å². The SMILES string of the molecule is Cn1nc(CS(=O)(=O)c2ccc(F)cc2)c2ccccc21. The molecule has 0 aliphatic rings. The number of halogens is 1. The van der Waals surface area contributed by atoms with Crippen molar-refractivity contribution in [2.24, 2.45) is 7.05 Å². The molecule has 3 aromatic rings. The van der Waals surface area contributed by atoms with Crippen molar-refractivity contribution in [3.8, 4) is 0 Å². The first-order chi connectivity index (χ1) is 9.97. The maximum Gasteiger partial charge on any atom is 0.184 e. The third-order valence-corrected chi connectivity index (χ3v) is 4.98. The molecular weight excluding hydrogens is 291 g/mol. The summed E-state index contributed by atoms with van der Waals surface area (Å²) in [5.74, 6) is -0.669. The molecule has 0 atom stereocenters. The van der Waals surface area contributed by atoms with Crippen molar-refractivity contribution in [3.63, 3.8) is 0 Å². The van der Waals surface area contributed by atoms with Crippen LogP contribution in [0.2, 0.25) is 0 Å². The third kappa shape index (κ3) is 2.54. The second kappa shape index (κ2) is 4.96. The lowest BCUT2D eigenvalue weighted by atomic mass is 10.2. The number of aromatic nitrogens is 2. The number of fused-ring (bicyclic) bond motifs is 1. The Morgan fingerprint density at radius 1 is 1.10 bits per heavy atom. The minimum Gasteiger partial charge on any atom is -0.268 e. The second-order valence-corrected chi connectivity index (χ2v) is 6.79. The van der Waals surface area contributed by atoms with Crippen molar-refractivity contribution in [1.29, 1.82) is 0 Å². The molecule has 4 nitrogen and oxygen atoms in total. The summed E-state index contributed by atoms with van der Waals surface area (Å²) in [6.07, 6.45) is 0. The van der Waals surface area contributed by atoms with Crippen LogP contribution in [0.4, 0.5) is 4.39 Å². The number of rotatable bonds is 3. The van der Waals surface area contributed by atoms with E-state index in [-0.39, 0.29) is 10.6 Å². The van der Waals surface area contributed by atoms with Crippen molar-refractivity contribution in [2.75, 3.05) is 0 Å². The van der Waals surface area contributed by atoms with Crippen LogP contribution in [0.1, 0.15) is 5.69 Å². The van der Waals surface area contributed by atoms with Gasteiger partial charge in [-0.25, -0.2) is 12.8 Å². The lowest BCUT2D eigenvalue weighted by molar-refractivity contribution is 0.593. The van der Waals surface area contributed by atoms with Gasteiger partial charge in [-0.1, -0.05) is 18.2 Å². The zero-order valence-electron chi connectivity index (χ0n) is 11.3. The van der Waals surface area contributed by atoms with Crippen molar-refractivity contribution in [2.45, 2.75) is 10.6 Å². The number of nitrogens with zero attached hydrogens (tertiary/aromatic N) is 2. The van der Waals surface area contributed by atoms with Gasteiger partial charge in [-0.15, -0.1) is 0 Å². The van der Waals surface area contributed by atoms with Crippen LogP contribution in [0, 0.1) is 5.82 Å². The molecule has 0 fully saturated rings. The first kappa shape index (κ1) is 13.8. The van der Waals surface area contributed by atoms with E-state index in [1.807, 2.05) is 24.3 Å². The standard InChI is InChI=1S/C15H13FN2O2S/c1-18-15-5-3-2-4-13(15)14(17-18)10-21(19,20)12-8-6-11(16)7-9-12/h2-9H,10H2,1H3. The van der Waals surface area contributed by atoms with E-state index in [9.17, 15) is 12.8 Å². The quantitative estimate of drug-likeness (QED) is 0.699. The molecule has 1 aromatic heterocycles. The molecule has 6 heteroatoms. The van der Waals surface area contributed by atoms with Gasteiger partial charge in [0.25, 0.3) is 0 Å². The molecule has 0 saturated heterocycles. The van der Waals surface area contributed by atoms with Crippen molar-refractivity contribution >= 4 is 20.7 Å². The van der Waals surface area contributed by atoms with Crippen LogP contribution in [0.3, 0.4) is 0 Å². The van der Waals surface area contributed by atoms with Crippen LogP contribution in [0.25, 0.3) is 10.9 Å². The van der Waals surface area contributed by atoms with E-state index in [0.29, 0.717) is 5.69 Å². The highest BCUT2D eigenvalue weighted by molar-refractivity contribution is 7.90. The van der Waals surface area contributed by atoms with E-state index in [2.05, 4.69) is 5.10 Å². The molecule has 0 spiro atoms. The molecule has 3 rings (SSSR count). The van der Waals surface area contributed by atoms with Crippen molar-refractivity contribution < 1.29 is 12.8 Å². The molecule has 2 aromatic carbocycles. The predicted molar refractivity (Wildman–Crippen MR) is 78.0 cm³/mol. The highest BCUT2D eigenvalue weighted by atomic mass is 32.2. The number of benzene rings is 2. The van der Waals surface area contributed by atoms with Gasteiger partial charge in [-0.05, 0) is 30.3 Å². The predicted octanol–water partition coefficient (Wildman–Crippen LogP) is 2.69. The lowest BCUT2D eigenvalue weighted by Crippen LogP contribution is -2.06. The molecule has 21 heavy (non-hydrogen) atoms. The molecule has 0 unspecified atom stereocenters. The van der Waals surface area contributed by atoms with E-state index in [1.54, 1.807) is 11.7 Å². The Morgan fingerprint density at radius 3 is 2.48 bits per heavy atom. The van der Waals surface area contributed by atoms with E-state index in [4.69, 9.17) is 0 Å². The van der Waals surface area contributed by atoms with Gasteiger partial charge in [-0.2, -0.15) is 5.10 Å². The number of hydrogen-bond donors (Lipinski definition) is 0. The van der Waals surface area contributed by atoms with Gasteiger partial charge in [-0.3, -0.25) is 4.68 Å². The lowest BCUT2D eigenvalue weighted by Gasteiger charge is -2.02. The maximum atomic E-state index is 12.9. The zero-order chi connectivity index (χ0) is 15.0. The molecular formula is C15H13FN2O2S. The van der Waals surface area contributed by atoms with Crippen LogP contribution in [0.15, 0.2) is 53.4 Å². The van der Waals surface area contributed by atoms with Gasteiger partial charge in [0.2, 0.25) is 0 Å². The first-order valence-electron chi connectivity index (χ1n) is 6.36. The first-order valence-corrected chi connectivity index (χ1v) is 8.01. The summed E-state index contributed by atoms with van der Waals surface area (Å²) >= 11 is 0. The normalized spacial score (nSPS) is 11.9. The molecule has 0 bridgehead atoms. The molecule has 0 N–H and O–H groups in total. The fraction of sp³-hybridized carbons (Fsp3) is 0.133. The average molecular weight is 304 g/mol. The number of aryl methyl sites for hydroxylation is 1. The number of para-hydroxylation sites is 1. The van der Waals surface area contributed by atoms with E-state index >= 15 is 0 Å². The minimum atomic E-state index is -3.55. The molecule has 108 valence electrons. The Bertz CT molecular complexity index is 899.